The maximum Gasteiger partial charge on any atom is 0.290 e. The van der Waals surface area contributed by atoms with E-state index in [-0.39, 0.29) is 17.1 Å². The molecular weight excluding hydrogens is 410 g/mol. The fraction of sp³-hybridized carbons (Fsp3) is 0.360. The predicted octanol–water partition coefficient (Wildman–Crippen LogP) is 4.17. The molecule has 0 unspecified atom stereocenters. The van der Waals surface area contributed by atoms with Gasteiger partial charge >= 0.3 is 0 Å². The highest BCUT2D eigenvalue weighted by Gasteiger charge is 2.42. The van der Waals surface area contributed by atoms with E-state index in [4.69, 9.17) is 18.6 Å². The zero-order valence-electron chi connectivity index (χ0n) is 18.6. The van der Waals surface area contributed by atoms with Crippen LogP contribution < -0.4 is 14.9 Å². The zero-order chi connectivity index (χ0) is 22.7. The number of carbonyl (C=O) groups is 1. The second-order valence-electron chi connectivity index (χ2n) is 7.47. The Morgan fingerprint density at radius 3 is 2.59 bits per heavy atom. The van der Waals surface area contributed by atoms with Gasteiger partial charge in [0.25, 0.3) is 5.91 Å². The fourth-order valence-corrected chi connectivity index (χ4v) is 4.15. The van der Waals surface area contributed by atoms with Crippen molar-refractivity contribution in [2.75, 3.05) is 33.5 Å². The van der Waals surface area contributed by atoms with Crippen LogP contribution in [0.25, 0.3) is 11.0 Å². The van der Waals surface area contributed by atoms with E-state index in [9.17, 15) is 9.59 Å². The van der Waals surface area contributed by atoms with Gasteiger partial charge in [0.1, 0.15) is 5.58 Å². The van der Waals surface area contributed by atoms with E-state index in [1.165, 1.54) is 0 Å². The van der Waals surface area contributed by atoms with Gasteiger partial charge in [-0.05, 0) is 50.1 Å². The van der Waals surface area contributed by atoms with E-state index < -0.39 is 6.04 Å². The molecule has 0 aliphatic carbocycles. The van der Waals surface area contributed by atoms with Crippen LogP contribution in [0.5, 0.6) is 11.5 Å². The number of ether oxygens (including phenoxy) is 3. The van der Waals surface area contributed by atoms with E-state index in [1.54, 1.807) is 42.3 Å². The first-order valence-corrected chi connectivity index (χ1v) is 10.9. The summed E-state index contributed by atoms with van der Waals surface area (Å²) in [4.78, 5) is 28.5. The summed E-state index contributed by atoms with van der Waals surface area (Å²) in [6, 6.07) is 11.9. The van der Waals surface area contributed by atoms with Crippen molar-refractivity contribution >= 4 is 16.9 Å². The summed E-state index contributed by atoms with van der Waals surface area (Å²) in [7, 11) is 1.57. The summed E-state index contributed by atoms with van der Waals surface area (Å²) in [5.74, 6) is 0.960. The summed E-state index contributed by atoms with van der Waals surface area (Å²) in [5.41, 5.74) is 1.33. The lowest BCUT2D eigenvalue weighted by Crippen LogP contribution is -2.31. The standard InChI is InChI=1S/C25H27NO6/c1-4-30-14-8-13-26-22(16-11-12-19(31-5-2)20(15-16)29-3)21-23(27)17-9-6-7-10-18(17)32-24(21)25(26)28/h6-7,9-12,15,22H,4-5,8,13-14H2,1-3H3/t22-/m0/s1. The number of benzene rings is 2. The number of methoxy groups -OCH3 is 1. The van der Waals surface area contributed by atoms with E-state index in [0.717, 1.165) is 5.56 Å². The zero-order valence-corrected chi connectivity index (χ0v) is 18.6. The second-order valence-corrected chi connectivity index (χ2v) is 7.47. The lowest BCUT2D eigenvalue weighted by Gasteiger charge is -2.25. The minimum absolute atomic E-state index is 0.1000. The molecule has 1 aliphatic rings. The van der Waals surface area contributed by atoms with Crippen molar-refractivity contribution in [1.82, 2.24) is 4.90 Å². The largest absolute Gasteiger partial charge is 0.493 e. The number of nitrogens with zero attached hydrogens (tertiary/aromatic N) is 1. The second kappa shape index (κ2) is 9.44. The van der Waals surface area contributed by atoms with Crippen molar-refractivity contribution < 1.29 is 23.4 Å². The van der Waals surface area contributed by atoms with Crippen LogP contribution in [0.15, 0.2) is 51.7 Å². The number of hydrogen-bond donors (Lipinski definition) is 0. The molecule has 0 fully saturated rings. The molecule has 32 heavy (non-hydrogen) atoms. The van der Waals surface area contributed by atoms with Gasteiger partial charge in [-0.15, -0.1) is 0 Å². The third-order valence-corrected chi connectivity index (χ3v) is 5.57. The highest BCUT2D eigenvalue weighted by atomic mass is 16.5. The highest BCUT2D eigenvalue weighted by molar-refractivity contribution is 5.99. The molecule has 2 heterocycles. The number of carbonyl (C=O) groups excluding carboxylic acids is 1. The monoisotopic (exact) mass is 437 g/mol. The average Bonchev–Trinajstić information content (AvgIpc) is 3.09. The van der Waals surface area contributed by atoms with E-state index >= 15 is 0 Å². The summed E-state index contributed by atoms with van der Waals surface area (Å²) in [5, 5.41) is 0.457. The number of fused-ring (bicyclic) bond motifs is 2. The molecule has 4 rings (SSSR count). The van der Waals surface area contributed by atoms with Gasteiger partial charge in [-0.1, -0.05) is 18.2 Å². The average molecular weight is 437 g/mol. The van der Waals surface area contributed by atoms with Gasteiger partial charge in [0.05, 0.1) is 30.7 Å². The normalized spacial score (nSPS) is 15.3. The van der Waals surface area contributed by atoms with Gasteiger partial charge in [-0.2, -0.15) is 0 Å². The first-order chi connectivity index (χ1) is 15.6. The van der Waals surface area contributed by atoms with Crippen LogP contribution in [0.2, 0.25) is 0 Å². The van der Waals surface area contributed by atoms with Crippen LogP contribution in [-0.4, -0.2) is 44.3 Å². The maximum absolute atomic E-state index is 13.5. The van der Waals surface area contributed by atoms with Crippen LogP contribution in [0.3, 0.4) is 0 Å². The van der Waals surface area contributed by atoms with Gasteiger partial charge in [0.2, 0.25) is 5.76 Å². The summed E-state index contributed by atoms with van der Waals surface area (Å²) >= 11 is 0. The molecule has 0 N–H and O–H groups in total. The summed E-state index contributed by atoms with van der Waals surface area (Å²) in [6.07, 6.45) is 0.645. The maximum atomic E-state index is 13.5. The van der Waals surface area contributed by atoms with Gasteiger partial charge in [0.15, 0.2) is 16.9 Å². The Kier molecular flexibility index (Phi) is 6.46. The van der Waals surface area contributed by atoms with Gasteiger partial charge in [-0.25, -0.2) is 0 Å². The van der Waals surface area contributed by atoms with Crippen molar-refractivity contribution in [1.29, 1.82) is 0 Å². The first-order valence-electron chi connectivity index (χ1n) is 10.9. The van der Waals surface area contributed by atoms with E-state index in [2.05, 4.69) is 0 Å². The lowest BCUT2D eigenvalue weighted by atomic mass is 9.98. The number of hydrogen-bond acceptors (Lipinski definition) is 6. The molecule has 7 nitrogen and oxygen atoms in total. The van der Waals surface area contributed by atoms with Crippen LogP contribution >= 0.6 is 0 Å². The van der Waals surface area contributed by atoms with Crippen LogP contribution in [-0.2, 0) is 4.74 Å². The molecule has 1 atom stereocenters. The molecule has 3 aromatic rings. The molecule has 0 saturated carbocycles. The van der Waals surface area contributed by atoms with Crippen molar-refractivity contribution in [3.8, 4) is 11.5 Å². The van der Waals surface area contributed by atoms with Crippen molar-refractivity contribution in [2.45, 2.75) is 26.3 Å². The Balaban J connectivity index is 1.85. The Hall–Kier alpha value is -3.32. The van der Waals surface area contributed by atoms with Gasteiger partial charge in [0, 0.05) is 19.8 Å². The predicted molar refractivity (Wildman–Crippen MR) is 121 cm³/mol. The molecule has 0 saturated heterocycles. The molecule has 0 spiro atoms. The fourth-order valence-electron chi connectivity index (χ4n) is 4.15. The first kappa shape index (κ1) is 21.9. The molecule has 2 aromatic carbocycles. The Morgan fingerprint density at radius 2 is 1.84 bits per heavy atom. The molecule has 168 valence electrons. The molecular formula is C25H27NO6. The van der Waals surface area contributed by atoms with Crippen LogP contribution in [0, 0.1) is 0 Å². The minimum atomic E-state index is -0.579. The van der Waals surface area contributed by atoms with E-state index in [1.807, 2.05) is 26.0 Å². The highest BCUT2D eigenvalue weighted by Crippen LogP contribution is 2.41. The molecule has 1 aliphatic heterocycles. The molecule has 1 aromatic heterocycles. The van der Waals surface area contributed by atoms with Crippen LogP contribution in [0.1, 0.15) is 48.0 Å². The topological polar surface area (TPSA) is 78.2 Å². The number of para-hydroxylation sites is 1. The molecule has 0 radical (unpaired) electrons. The van der Waals surface area contributed by atoms with E-state index in [0.29, 0.717) is 60.8 Å². The Bertz CT molecular complexity index is 1180. The Morgan fingerprint density at radius 1 is 1.03 bits per heavy atom. The van der Waals surface area contributed by atoms with Crippen molar-refractivity contribution in [3.05, 3.63) is 69.6 Å². The van der Waals surface area contributed by atoms with Gasteiger partial charge < -0.3 is 23.5 Å². The SMILES string of the molecule is CCOCCCN1C(=O)c2oc3ccccc3c(=O)c2[C@@H]1c1ccc(OCC)c(OC)c1. The van der Waals surface area contributed by atoms with Crippen molar-refractivity contribution in [3.63, 3.8) is 0 Å². The third kappa shape index (κ3) is 3.84. The number of rotatable bonds is 9. The van der Waals surface area contributed by atoms with Gasteiger partial charge in [-0.3, -0.25) is 9.59 Å². The minimum Gasteiger partial charge on any atom is -0.493 e. The quantitative estimate of drug-likeness (QED) is 0.468. The molecule has 7 heteroatoms. The summed E-state index contributed by atoms with van der Waals surface area (Å²) < 4.78 is 22.5. The number of amides is 1. The Labute approximate surface area is 186 Å². The van der Waals surface area contributed by atoms with Crippen molar-refractivity contribution in [2.24, 2.45) is 0 Å². The summed E-state index contributed by atoms with van der Waals surface area (Å²) in [6.45, 7) is 5.90. The molecule has 0 bridgehead atoms. The third-order valence-electron chi connectivity index (χ3n) is 5.57. The lowest BCUT2D eigenvalue weighted by molar-refractivity contribution is 0.0695. The molecule has 1 amide bonds. The smallest absolute Gasteiger partial charge is 0.290 e. The van der Waals surface area contributed by atoms with Crippen LogP contribution in [0.4, 0.5) is 0 Å².